The Morgan fingerprint density at radius 2 is 2.00 bits per heavy atom. The van der Waals surface area contributed by atoms with E-state index in [0.29, 0.717) is 0 Å². The number of rotatable bonds is 1. The number of hydrogen-bond acceptors (Lipinski definition) is 1. The highest BCUT2D eigenvalue weighted by atomic mass is 16.1. The molecule has 86 valence electrons. The molecule has 1 aliphatic carbocycles. The predicted molar refractivity (Wildman–Crippen MR) is 67.1 cm³/mol. The third-order valence-electron chi connectivity index (χ3n) is 3.81. The van der Waals surface area contributed by atoms with Crippen molar-refractivity contribution in [3.63, 3.8) is 0 Å². The molecular formula is C15H20O. The third-order valence-corrected chi connectivity index (χ3v) is 3.81. The molecule has 2 rings (SSSR count). The normalized spacial score (nSPS) is 18.0. The van der Waals surface area contributed by atoms with Crippen molar-refractivity contribution >= 4 is 5.78 Å². The number of benzene rings is 1. The standard InChI is InChI=1S/C15H20O/c1-10-8-12-6-5-7-15(3,4)14(12)9-13(10)11(2)16/h8-9H,5-7H2,1-4H3. The molecule has 0 fully saturated rings. The molecule has 1 heteroatoms. The molecule has 0 N–H and O–H groups in total. The van der Waals surface area contributed by atoms with Gasteiger partial charge in [0, 0.05) is 5.56 Å². The molecule has 0 atom stereocenters. The highest BCUT2D eigenvalue weighted by Crippen LogP contribution is 2.37. The van der Waals surface area contributed by atoms with E-state index in [4.69, 9.17) is 0 Å². The van der Waals surface area contributed by atoms with Gasteiger partial charge in [0.25, 0.3) is 0 Å². The molecule has 1 aromatic carbocycles. The van der Waals surface area contributed by atoms with Gasteiger partial charge in [0.2, 0.25) is 0 Å². The molecular weight excluding hydrogens is 196 g/mol. The fourth-order valence-electron chi connectivity index (χ4n) is 2.84. The highest BCUT2D eigenvalue weighted by molar-refractivity contribution is 5.95. The molecule has 1 aromatic rings. The second kappa shape index (κ2) is 3.73. The van der Waals surface area contributed by atoms with E-state index < -0.39 is 0 Å². The Morgan fingerprint density at radius 1 is 1.31 bits per heavy atom. The van der Waals surface area contributed by atoms with Crippen LogP contribution in [0.25, 0.3) is 0 Å². The van der Waals surface area contributed by atoms with Crippen LogP contribution in [0.2, 0.25) is 0 Å². The summed E-state index contributed by atoms with van der Waals surface area (Å²) in [4.78, 5) is 11.6. The zero-order chi connectivity index (χ0) is 11.9. The smallest absolute Gasteiger partial charge is 0.160 e. The summed E-state index contributed by atoms with van der Waals surface area (Å²) in [6.45, 7) is 8.26. The van der Waals surface area contributed by atoms with Gasteiger partial charge < -0.3 is 0 Å². The Kier molecular flexibility index (Phi) is 2.65. The number of Topliss-reactive ketones (excluding diaryl/α,β-unsaturated/α-hetero) is 1. The molecule has 0 saturated carbocycles. The summed E-state index contributed by atoms with van der Waals surface area (Å²) < 4.78 is 0. The Morgan fingerprint density at radius 3 is 2.62 bits per heavy atom. The fourth-order valence-corrected chi connectivity index (χ4v) is 2.84. The predicted octanol–water partition coefficient (Wildman–Crippen LogP) is 3.81. The van der Waals surface area contributed by atoms with Crippen molar-refractivity contribution in [2.45, 2.75) is 52.4 Å². The van der Waals surface area contributed by atoms with Crippen molar-refractivity contribution in [2.24, 2.45) is 0 Å². The minimum absolute atomic E-state index is 0.182. The molecule has 0 bridgehead atoms. The van der Waals surface area contributed by atoms with Crippen molar-refractivity contribution in [3.8, 4) is 0 Å². The number of fused-ring (bicyclic) bond motifs is 1. The topological polar surface area (TPSA) is 17.1 Å². The zero-order valence-corrected chi connectivity index (χ0v) is 10.7. The van der Waals surface area contributed by atoms with E-state index in [0.717, 1.165) is 17.5 Å². The van der Waals surface area contributed by atoms with Crippen LogP contribution in [0.1, 0.15) is 60.7 Å². The van der Waals surface area contributed by atoms with Gasteiger partial charge in [-0.05, 0) is 61.3 Å². The van der Waals surface area contributed by atoms with Crippen LogP contribution in [-0.2, 0) is 11.8 Å². The van der Waals surface area contributed by atoms with Gasteiger partial charge >= 0.3 is 0 Å². The summed E-state index contributed by atoms with van der Waals surface area (Å²) in [6.07, 6.45) is 3.65. The molecule has 0 aliphatic heterocycles. The Hall–Kier alpha value is -1.11. The molecule has 0 spiro atoms. The van der Waals surface area contributed by atoms with E-state index in [-0.39, 0.29) is 11.2 Å². The van der Waals surface area contributed by atoms with Gasteiger partial charge in [0.1, 0.15) is 0 Å². The molecule has 0 aromatic heterocycles. The molecule has 0 unspecified atom stereocenters. The summed E-state index contributed by atoms with van der Waals surface area (Å²) >= 11 is 0. The molecule has 1 nitrogen and oxygen atoms in total. The average molecular weight is 216 g/mol. The lowest BCUT2D eigenvalue weighted by Gasteiger charge is -2.33. The van der Waals surface area contributed by atoms with Crippen molar-refractivity contribution in [3.05, 3.63) is 34.4 Å². The Balaban J connectivity index is 2.62. The first-order valence-electron chi connectivity index (χ1n) is 6.07. The number of carbonyl (C=O) groups is 1. The maximum atomic E-state index is 11.6. The highest BCUT2D eigenvalue weighted by Gasteiger charge is 2.28. The average Bonchev–Trinajstić information content (AvgIpc) is 2.15. The van der Waals surface area contributed by atoms with Crippen molar-refractivity contribution in [1.29, 1.82) is 0 Å². The summed E-state index contributed by atoms with van der Waals surface area (Å²) in [5, 5.41) is 0. The first kappa shape index (κ1) is 11.4. The SMILES string of the molecule is CC(=O)c1cc2c(cc1C)CCCC2(C)C. The summed E-state index contributed by atoms with van der Waals surface area (Å²) in [5.74, 6) is 0.182. The van der Waals surface area contributed by atoms with Gasteiger partial charge in [0.15, 0.2) is 5.78 Å². The Labute approximate surface area is 97.9 Å². The van der Waals surface area contributed by atoms with E-state index >= 15 is 0 Å². The van der Waals surface area contributed by atoms with E-state index in [2.05, 4.69) is 26.0 Å². The lowest BCUT2D eigenvalue weighted by Crippen LogP contribution is -2.24. The summed E-state index contributed by atoms with van der Waals surface area (Å²) in [7, 11) is 0. The first-order chi connectivity index (χ1) is 7.42. The van der Waals surface area contributed by atoms with Gasteiger partial charge in [-0.1, -0.05) is 19.9 Å². The lowest BCUT2D eigenvalue weighted by molar-refractivity contribution is 0.101. The number of aryl methyl sites for hydroxylation is 2. The van der Waals surface area contributed by atoms with Crippen LogP contribution < -0.4 is 0 Å². The van der Waals surface area contributed by atoms with Crippen molar-refractivity contribution in [1.82, 2.24) is 0 Å². The van der Waals surface area contributed by atoms with E-state index in [1.54, 1.807) is 6.92 Å². The van der Waals surface area contributed by atoms with E-state index in [1.807, 2.05) is 6.92 Å². The lowest BCUT2D eigenvalue weighted by atomic mass is 9.71. The molecule has 0 radical (unpaired) electrons. The van der Waals surface area contributed by atoms with Crippen molar-refractivity contribution < 1.29 is 4.79 Å². The molecule has 0 heterocycles. The van der Waals surface area contributed by atoms with Crippen LogP contribution in [0, 0.1) is 6.92 Å². The first-order valence-corrected chi connectivity index (χ1v) is 6.07. The molecule has 16 heavy (non-hydrogen) atoms. The second-order valence-electron chi connectivity index (χ2n) is 5.62. The third kappa shape index (κ3) is 1.79. The van der Waals surface area contributed by atoms with Gasteiger partial charge in [-0.25, -0.2) is 0 Å². The van der Waals surface area contributed by atoms with Gasteiger partial charge in [-0.2, -0.15) is 0 Å². The van der Waals surface area contributed by atoms with Gasteiger partial charge in [-0.15, -0.1) is 0 Å². The van der Waals surface area contributed by atoms with Crippen LogP contribution in [0.5, 0.6) is 0 Å². The number of hydrogen-bond donors (Lipinski definition) is 0. The summed E-state index contributed by atoms with van der Waals surface area (Å²) in [6, 6.07) is 4.35. The van der Waals surface area contributed by atoms with Crippen LogP contribution in [0.15, 0.2) is 12.1 Å². The summed E-state index contributed by atoms with van der Waals surface area (Å²) in [5.41, 5.74) is 5.08. The largest absolute Gasteiger partial charge is 0.295 e. The van der Waals surface area contributed by atoms with Crippen molar-refractivity contribution in [2.75, 3.05) is 0 Å². The van der Waals surface area contributed by atoms with Crippen LogP contribution in [-0.4, -0.2) is 5.78 Å². The zero-order valence-electron chi connectivity index (χ0n) is 10.7. The van der Waals surface area contributed by atoms with Crippen LogP contribution >= 0.6 is 0 Å². The number of ketones is 1. The quantitative estimate of drug-likeness (QED) is 0.652. The monoisotopic (exact) mass is 216 g/mol. The minimum Gasteiger partial charge on any atom is -0.295 e. The van der Waals surface area contributed by atoms with Crippen LogP contribution in [0.3, 0.4) is 0 Å². The van der Waals surface area contributed by atoms with E-state index in [9.17, 15) is 4.79 Å². The molecule has 0 amide bonds. The Bertz CT molecular complexity index is 441. The maximum Gasteiger partial charge on any atom is 0.160 e. The van der Waals surface area contributed by atoms with Gasteiger partial charge in [-0.3, -0.25) is 4.79 Å². The minimum atomic E-state index is 0.182. The second-order valence-corrected chi connectivity index (χ2v) is 5.62. The molecule has 0 saturated heterocycles. The fraction of sp³-hybridized carbons (Fsp3) is 0.533. The molecule has 1 aliphatic rings. The maximum absolute atomic E-state index is 11.6. The van der Waals surface area contributed by atoms with E-state index in [1.165, 1.54) is 24.0 Å². The van der Waals surface area contributed by atoms with Gasteiger partial charge in [0.05, 0.1) is 0 Å². The number of carbonyl (C=O) groups excluding carboxylic acids is 1. The van der Waals surface area contributed by atoms with Crippen LogP contribution in [0.4, 0.5) is 0 Å².